The van der Waals surface area contributed by atoms with E-state index in [1.54, 1.807) is 6.92 Å². The second-order valence-corrected chi connectivity index (χ2v) is 2.91. The molecule has 7 heteroatoms. The van der Waals surface area contributed by atoms with Gasteiger partial charge in [0.05, 0.1) is 11.9 Å². The first-order chi connectivity index (χ1) is 7.43. The summed E-state index contributed by atoms with van der Waals surface area (Å²) in [5, 5.41) is 4.78. The fraction of sp³-hybridized carbons (Fsp3) is 0.333. The van der Waals surface area contributed by atoms with Crippen molar-refractivity contribution in [3.8, 4) is 0 Å². The van der Waals surface area contributed by atoms with E-state index in [1.807, 2.05) is 0 Å². The predicted octanol–water partition coefficient (Wildman–Crippen LogP) is 2.24. The van der Waals surface area contributed by atoms with Crippen molar-refractivity contribution < 1.29 is 18.0 Å². The van der Waals surface area contributed by atoms with Crippen LogP contribution in [0.4, 0.5) is 23.7 Å². The third-order valence-electron chi connectivity index (χ3n) is 1.65. The number of pyridine rings is 1. The molecular formula is C9H10F3N3O. The summed E-state index contributed by atoms with van der Waals surface area (Å²) in [5.41, 5.74) is -0.784. The van der Waals surface area contributed by atoms with Crippen molar-refractivity contribution in [1.82, 2.24) is 10.3 Å². The van der Waals surface area contributed by atoms with Gasteiger partial charge in [-0.1, -0.05) is 0 Å². The highest BCUT2D eigenvalue weighted by Crippen LogP contribution is 2.27. The van der Waals surface area contributed by atoms with Gasteiger partial charge in [-0.25, -0.2) is 9.78 Å². The molecule has 0 bridgehead atoms. The Morgan fingerprint density at radius 3 is 2.56 bits per heavy atom. The molecule has 0 spiro atoms. The molecule has 1 heterocycles. The number of nitrogens with zero attached hydrogens (tertiary/aromatic N) is 1. The molecule has 1 aromatic rings. The Hall–Kier alpha value is -1.79. The smallest absolute Gasteiger partial charge is 0.338 e. The van der Waals surface area contributed by atoms with E-state index in [9.17, 15) is 18.0 Å². The van der Waals surface area contributed by atoms with Gasteiger partial charge in [0, 0.05) is 6.54 Å². The number of carbonyl (C=O) groups excluding carboxylic acids is 1. The maximum Gasteiger partial charge on any atom is 0.433 e. The van der Waals surface area contributed by atoms with Gasteiger partial charge < -0.3 is 10.6 Å². The van der Waals surface area contributed by atoms with Gasteiger partial charge in [0.1, 0.15) is 5.69 Å². The minimum absolute atomic E-state index is 0.207. The topological polar surface area (TPSA) is 54.0 Å². The summed E-state index contributed by atoms with van der Waals surface area (Å²) in [7, 11) is 0. The molecular weight excluding hydrogens is 223 g/mol. The second kappa shape index (κ2) is 4.82. The SMILES string of the molecule is CCNC(=O)Nc1ccc(C(F)(F)F)nc1. The van der Waals surface area contributed by atoms with Crippen molar-refractivity contribution in [2.45, 2.75) is 13.1 Å². The van der Waals surface area contributed by atoms with Gasteiger partial charge in [0.15, 0.2) is 0 Å². The zero-order chi connectivity index (χ0) is 12.2. The third kappa shape index (κ3) is 3.41. The molecule has 2 N–H and O–H groups in total. The quantitative estimate of drug-likeness (QED) is 0.823. The van der Waals surface area contributed by atoms with Gasteiger partial charge in [0.2, 0.25) is 0 Å². The average molecular weight is 233 g/mol. The third-order valence-corrected chi connectivity index (χ3v) is 1.65. The molecule has 1 rings (SSSR count). The molecule has 0 saturated carbocycles. The fourth-order valence-electron chi connectivity index (χ4n) is 0.971. The lowest BCUT2D eigenvalue weighted by Gasteiger charge is -2.07. The van der Waals surface area contributed by atoms with E-state index < -0.39 is 17.9 Å². The summed E-state index contributed by atoms with van der Waals surface area (Å²) >= 11 is 0. The molecule has 0 fully saturated rings. The van der Waals surface area contributed by atoms with Crippen molar-refractivity contribution in [2.75, 3.05) is 11.9 Å². The normalized spacial score (nSPS) is 11.0. The summed E-state index contributed by atoms with van der Waals surface area (Å²) in [6, 6.07) is 1.47. The van der Waals surface area contributed by atoms with E-state index >= 15 is 0 Å². The Morgan fingerprint density at radius 1 is 1.44 bits per heavy atom. The van der Waals surface area contributed by atoms with Gasteiger partial charge in [0.25, 0.3) is 0 Å². The summed E-state index contributed by atoms with van der Waals surface area (Å²) in [6.07, 6.45) is -3.51. The molecule has 0 atom stereocenters. The van der Waals surface area contributed by atoms with Crippen LogP contribution < -0.4 is 10.6 Å². The summed E-state index contributed by atoms with van der Waals surface area (Å²) in [5.74, 6) is 0. The van der Waals surface area contributed by atoms with E-state index in [0.29, 0.717) is 6.54 Å². The molecule has 0 aliphatic heterocycles. The van der Waals surface area contributed by atoms with E-state index in [-0.39, 0.29) is 5.69 Å². The van der Waals surface area contributed by atoms with Gasteiger partial charge in [-0.2, -0.15) is 13.2 Å². The highest BCUT2D eigenvalue weighted by atomic mass is 19.4. The Balaban J connectivity index is 2.69. The van der Waals surface area contributed by atoms with Crippen LogP contribution in [0.25, 0.3) is 0 Å². The van der Waals surface area contributed by atoms with Gasteiger partial charge in [-0.05, 0) is 19.1 Å². The number of hydrogen-bond acceptors (Lipinski definition) is 2. The number of carbonyl (C=O) groups is 1. The van der Waals surface area contributed by atoms with E-state index in [1.165, 1.54) is 0 Å². The summed E-state index contributed by atoms with van der Waals surface area (Å²) in [4.78, 5) is 14.2. The number of rotatable bonds is 2. The Labute approximate surface area is 89.9 Å². The molecule has 0 aromatic carbocycles. The molecule has 1 aromatic heterocycles. The molecule has 0 aliphatic carbocycles. The van der Waals surface area contributed by atoms with E-state index in [4.69, 9.17) is 0 Å². The Kier molecular flexibility index (Phi) is 3.70. The van der Waals surface area contributed by atoms with Crippen molar-refractivity contribution in [3.05, 3.63) is 24.0 Å². The van der Waals surface area contributed by atoms with Crippen molar-refractivity contribution in [2.24, 2.45) is 0 Å². The number of nitrogens with one attached hydrogen (secondary N) is 2. The maximum absolute atomic E-state index is 12.1. The minimum Gasteiger partial charge on any atom is -0.338 e. The second-order valence-electron chi connectivity index (χ2n) is 2.91. The number of urea groups is 1. The van der Waals surface area contributed by atoms with Gasteiger partial charge in [-0.15, -0.1) is 0 Å². The molecule has 16 heavy (non-hydrogen) atoms. The van der Waals surface area contributed by atoms with Crippen LogP contribution in [0.15, 0.2) is 18.3 Å². The zero-order valence-electron chi connectivity index (χ0n) is 8.43. The number of aromatic nitrogens is 1. The lowest BCUT2D eigenvalue weighted by molar-refractivity contribution is -0.141. The molecule has 0 aliphatic rings. The summed E-state index contributed by atoms with van der Waals surface area (Å²) in [6.45, 7) is 2.16. The molecule has 0 saturated heterocycles. The molecule has 4 nitrogen and oxygen atoms in total. The van der Waals surface area contributed by atoms with Crippen LogP contribution in [0.5, 0.6) is 0 Å². The van der Waals surface area contributed by atoms with Gasteiger partial charge in [-0.3, -0.25) is 0 Å². The Morgan fingerprint density at radius 2 is 2.12 bits per heavy atom. The van der Waals surface area contributed by atoms with Crippen molar-refractivity contribution in [1.29, 1.82) is 0 Å². The van der Waals surface area contributed by atoms with E-state index in [2.05, 4.69) is 15.6 Å². The minimum atomic E-state index is -4.47. The van der Waals surface area contributed by atoms with Crippen LogP contribution in [0.3, 0.4) is 0 Å². The van der Waals surface area contributed by atoms with E-state index in [0.717, 1.165) is 18.3 Å². The highest BCUT2D eigenvalue weighted by molar-refractivity contribution is 5.88. The first-order valence-corrected chi connectivity index (χ1v) is 4.51. The molecule has 0 unspecified atom stereocenters. The van der Waals surface area contributed by atoms with Crippen LogP contribution in [-0.4, -0.2) is 17.6 Å². The fourth-order valence-corrected chi connectivity index (χ4v) is 0.971. The standard InChI is InChI=1S/C9H10F3N3O/c1-2-13-8(16)15-6-3-4-7(14-5-6)9(10,11)12/h3-5H,2H2,1H3,(H2,13,15,16). The van der Waals surface area contributed by atoms with Crippen LogP contribution in [-0.2, 0) is 6.18 Å². The van der Waals surface area contributed by atoms with Crippen molar-refractivity contribution >= 4 is 11.7 Å². The first-order valence-electron chi connectivity index (χ1n) is 4.51. The molecule has 0 radical (unpaired) electrons. The van der Waals surface area contributed by atoms with Crippen LogP contribution in [0, 0.1) is 0 Å². The number of halogens is 3. The number of anilines is 1. The monoisotopic (exact) mass is 233 g/mol. The van der Waals surface area contributed by atoms with Crippen molar-refractivity contribution in [3.63, 3.8) is 0 Å². The van der Waals surface area contributed by atoms with Crippen LogP contribution in [0.2, 0.25) is 0 Å². The Bertz CT molecular complexity index is 361. The number of amides is 2. The molecule has 88 valence electrons. The zero-order valence-corrected chi connectivity index (χ0v) is 8.43. The lowest BCUT2D eigenvalue weighted by atomic mass is 10.3. The largest absolute Gasteiger partial charge is 0.433 e. The first kappa shape index (κ1) is 12.3. The summed E-state index contributed by atoms with van der Waals surface area (Å²) < 4.78 is 36.4. The maximum atomic E-state index is 12.1. The van der Waals surface area contributed by atoms with Crippen LogP contribution in [0.1, 0.15) is 12.6 Å². The lowest BCUT2D eigenvalue weighted by Crippen LogP contribution is -2.28. The van der Waals surface area contributed by atoms with Gasteiger partial charge >= 0.3 is 12.2 Å². The van der Waals surface area contributed by atoms with Crippen LogP contribution >= 0.6 is 0 Å². The number of hydrogen-bond donors (Lipinski definition) is 2. The number of alkyl halides is 3. The average Bonchev–Trinajstić information content (AvgIpc) is 2.17. The highest BCUT2D eigenvalue weighted by Gasteiger charge is 2.32. The molecule has 2 amide bonds. The predicted molar refractivity (Wildman–Crippen MR) is 51.9 cm³/mol.